The van der Waals surface area contributed by atoms with Gasteiger partial charge in [-0.2, -0.15) is 0 Å². The topological polar surface area (TPSA) is 157 Å². The maximum atomic E-state index is 15.0. The predicted octanol–water partition coefficient (Wildman–Crippen LogP) is 10.9. The predicted molar refractivity (Wildman–Crippen MR) is 270 cm³/mol. The molecule has 0 saturated heterocycles. The molecule has 0 unspecified atom stereocenters. The molecule has 3 N–H and O–H groups in total. The summed E-state index contributed by atoms with van der Waals surface area (Å²) < 4.78 is 27.0. The van der Waals surface area contributed by atoms with Crippen LogP contribution in [0.25, 0.3) is 0 Å². The van der Waals surface area contributed by atoms with Crippen molar-refractivity contribution in [3.05, 3.63) is 114 Å². The Hall–Kier alpha value is -4.85. The van der Waals surface area contributed by atoms with Gasteiger partial charge in [-0.1, -0.05) is 131 Å². The molecule has 376 valence electrons. The lowest BCUT2D eigenvalue weighted by Crippen LogP contribution is -2.70. The van der Waals surface area contributed by atoms with Gasteiger partial charge in [0, 0.05) is 49.6 Å². The normalized spacial score (nSPS) is 21.9. The summed E-state index contributed by atoms with van der Waals surface area (Å²) in [5, 5.41) is 34.7. The molecule has 1 aliphatic heterocycles. The highest BCUT2D eigenvalue weighted by Crippen LogP contribution is 2.62. The zero-order valence-corrected chi connectivity index (χ0v) is 41.0. The van der Waals surface area contributed by atoms with E-state index in [0.717, 1.165) is 74.4 Å². The molecule has 6 rings (SSSR count). The highest BCUT2D eigenvalue weighted by Gasteiger charge is 2.65. The monoisotopic (exact) mass is 951 g/mol. The summed E-state index contributed by atoms with van der Waals surface area (Å²) >= 11 is 0. The second-order valence-corrected chi connectivity index (χ2v) is 18.8. The summed E-state index contributed by atoms with van der Waals surface area (Å²) in [6, 6.07) is 22.1. The summed E-state index contributed by atoms with van der Waals surface area (Å²) in [6.45, 7) is 7.31. The standard InChI is InChI=1S/C57H78N2O10/c1-3-5-6-7-8-9-10-11-15-27-54(64)59(30-35-65-36-33-62)53-40-51(58-67-42-43-21-13-12-14-22-43)49-38-45(24-16-18-31-60)48(26-17-19-32-61)55-50-39-47(68-46-25-20-23-44(37-46)41-63)28-29-52(50)69-57(53,56(49)55)66-34-4-2/h4,12-14,20-23,25,28-29,37-39,41,45,48,53,55-56,60-62H,2-3,5-11,15-19,24,26-27,30-36,40,42H2,1H3/t45-,48+,53-,55+,56+,57+/m0/s1. The summed E-state index contributed by atoms with van der Waals surface area (Å²) in [5.74, 6) is -0.399. The summed E-state index contributed by atoms with van der Waals surface area (Å²) in [6.07, 6.45) is 20.1. The molecule has 0 aromatic heterocycles. The van der Waals surface area contributed by atoms with Crippen LogP contribution in [0.2, 0.25) is 0 Å². The van der Waals surface area contributed by atoms with Crippen LogP contribution >= 0.6 is 0 Å². The number of aliphatic hydroxyl groups excluding tert-OH is 3. The second-order valence-electron chi connectivity index (χ2n) is 18.8. The van der Waals surface area contributed by atoms with E-state index in [9.17, 15) is 20.1 Å². The molecule has 1 amide bonds. The maximum Gasteiger partial charge on any atom is 0.239 e. The minimum absolute atomic E-state index is 0.0243. The molecule has 2 aliphatic carbocycles. The molecule has 3 aromatic rings. The first-order chi connectivity index (χ1) is 33.9. The first-order valence-electron chi connectivity index (χ1n) is 25.9. The largest absolute Gasteiger partial charge is 0.459 e. The number of unbranched alkanes of at least 4 members (excludes halogenated alkanes) is 10. The molecule has 1 fully saturated rings. The van der Waals surface area contributed by atoms with Crippen molar-refractivity contribution in [1.29, 1.82) is 0 Å². The van der Waals surface area contributed by atoms with E-state index in [1.807, 2.05) is 59.5 Å². The Bertz CT molecular complexity index is 2090. The van der Waals surface area contributed by atoms with Gasteiger partial charge in [-0.15, -0.1) is 6.58 Å². The fraction of sp³-hybridized carbons (Fsp3) is 0.561. The first-order valence-corrected chi connectivity index (χ1v) is 25.9. The van der Waals surface area contributed by atoms with Gasteiger partial charge in [0.2, 0.25) is 11.7 Å². The van der Waals surface area contributed by atoms with Gasteiger partial charge in [0.05, 0.1) is 38.1 Å². The van der Waals surface area contributed by atoms with Gasteiger partial charge in [-0.05, 0) is 85.4 Å². The van der Waals surface area contributed by atoms with E-state index < -0.39 is 17.7 Å². The molecule has 3 aromatic carbocycles. The van der Waals surface area contributed by atoms with E-state index in [4.69, 9.17) is 28.9 Å². The average Bonchev–Trinajstić information content (AvgIpc) is 3.37. The van der Waals surface area contributed by atoms with Gasteiger partial charge in [0.25, 0.3) is 0 Å². The number of allylic oxidation sites excluding steroid dienone is 1. The number of aliphatic hydroxyl groups is 3. The molecule has 0 bridgehead atoms. The second kappa shape index (κ2) is 28.7. The number of rotatable bonds is 33. The van der Waals surface area contributed by atoms with Gasteiger partial charge in [0.1, 0.15) is 36.2 Å². The minimum Gasteiger partial charge on any atom is -0.459 e. The van der Waals surface area contributed by atoms with E-state index in [-0.39, 0.29) is 82.9 Å². The van der Waals surface area contributed by atoms with Crippen LogP contribution in [-0.2, 0) is 25.7 Å². The molecule has 1 heterocycles. The molecular weight excluding hydrogens is 873 g/mol. The molecule has 6 atom stereocenters. The van der Waals surface area contributed by atoms with Crippen LogP contribution in [0.15, 0.2) is 102 Å². The number of nitrogens with zero attached hydrogens (tertiary/aromatic N) is 2. The van der Waals surface area contributed by atoms with E-state index in [1.165, 1.54) is 32.1 Å². The number of carbonyl (C=O) groups excluding carboxylic acids is 2. The van der Waals surface area contributed by atoms with Crippen molar-refractivity contribution in [2.45, 2.75) is 140 Å². The zero-order chi connectivity index (χ0) is 48.7. The number of oxime groups is 1. The SMILES string of the molecule is C=CCO[C@@]12Oc3ccc(Oc4cccc(C=O)c4)cc3[C@H]3[C@H](CCCCO)[C@@H](CCCCO)C=C(C(=NOCc4ccccc4)C[C@@H]1N(CCOCCO)C(=O)CCCCCCCCCCC)[C@H]32. The van der Waals surface area contributed by atoms with Crippen LogP contribution < -0.4 is 9.47 Å². The number of benzene rings is 3. The van der Waals surface area contributed by atoms with E-state index in [2.05, 4.69) is 19.6 Å². The molecule has 12 heteroatoms. The lowest BCUT2D eigenvalue weighted by atomic mass is 9.55. The number of carbonyl (C=O) groups is 2. The molecule has 0 radical (unpaired) electrons. The zero-order valence-electron chi connectivity index (χ0n) is 41.0. The molecule has 12 nitrogen and oxygen atoms in total. The lowest BCUT2D eigenvalue weighted by Gasteiger charge is -2.60. The molecular formula is C57H78N2O10. The van der Waals surface area contributed by atoms with Crippen molar-refractivity contribution < 1.29 is 48.7 Å². The van der Waals surface area contributed by atoms with Crippen molar-refractivity contribution in [1.82, 2.24) is 4.90 Å². The number of aldehydes is 1. The molecule has 1 saturated carbocycles. The van der Waals surface area contributed by atoms with Crippen LogP contribution in [0, 0.1) is 17.8 Å². The summed E-state index contributed by atoms with van der Waals surface area (Å²) in [5.41, 5.74) is 4.06. The number of hydrogen-bond donors (Lipinski definition) is 3. The third-order valence-electron chi connectivity index (χ3n) is 14.0. The summed E-state index contributed by atoms with van der Waals surface area (Å²) in [7, 11) is 0. The smallest absolute Gasteiger partial charge is 0.239 e. The number of amides is 1. The van der Waals surface area contributed by atoms with E-state index >= 15 is 4.79 Å². The molecule has 0 spiro atoms. The van der Waals surface area contributed by atoms with Crippen LogP contribution in [0.4, 0.5) is 0 Å². The maximum absolute atomic E-state index is 15.0. The summed E-state index contributed by atoms with van der Waals surface area (Å²) in [4.78, 5) is 34.9. The van der Waals surface area contributed by atoms with Gasteiger partial charge in [0.15, 0.2) is 0 Å². The Balaban J connectivity index is 1.49. The van der Waals surface area contributed by atoms with E-state index in [1.54, 1.807) is 24.3 Å². The van der Waals surface area contributed by atoms with Crippen LogP contribution in [-0.4, -0.2) is 96.1 Å². The van der Waals surface area contributed by atoms with Crippen molar-refractivity contribution in [2.75, 3.05) is 46.2 Å². The Kier molecular flexibility index (Phi) is 22.3. The third-order valence-corrected chi connectivity index (χ3v) is 14.0. The number of ether oxygens (including phenoxy) is 4. The Morgan fingerprint density at radius 1 is 0.841 bits per heavy atom. The van der Waals surface area contributed by atoms with E-state index in [0.29, 0.717) is 47.8 Å². The fourth-order valence-corrected chi connectivity index (χ4v) is 10.8. The van der Waals surface area contributed by atoms with Gasteiger partial charge >= 0.3 is 0 Å². The van der Waals surface area contributed by atoms with Crippen LogP contribution in [0.5, 0.6) is 17.2 Å². The lowest BCUT2D eigenvalue weighted by molar-refractivity contribution is -0.258. The van der Waals surface area contributed by atoms with Gasteiger partial charge in [-0.3, -0.25) is 9.59 Å². The van der Waals surface area contributed by atoms with Crippen molar-refractivity contribution in [3.63, 3.8) is 0 Å². The Labute approximate surface area is 410 Å². The number of hydrogen-bond acceptors (Lipinski definition) is 11. The van der Waals surface area contributed by atoms with Crippen molar-refractivity contribution in [2.24, 2.45) is 22.9 Å². The Morgan fingerprint density at radius 3 is 2.30 bits per heavy atom. The average molecular weight is 951 g/mol. The third kappa shape index (κ3) is 14.6. The fourth-order valence-electron chi connectivity index (χ4n) is 10.8. The number of fused-ring (bicyclic) bond motifs is 2. The van der Waals surface area contributed by atoms with Crippen LogP contribution in [0.1, 0.15) is 143 Å². The highest BCUT2D eigenvalue weighted by molar-refractivity contribution is 6.03. The van der Waals surface area contributed by atoms with Crippen molar-refractivity contribution >= 4 is 17.9 Å². The van der Waals surface area contributed by atoms with Crippen molar-refractivity contribution in [3.8, 4) is 17.2 Å². The molecule has 69 heavy (non-hydrogen) atoms. The first kappa shape index (κ1) is 53.5. The van der Waals surface area contributed by atoms with Gasteiger partial charge in [-0.25, -0.2) is 0 Å². The highest BCUT2D eigenvalue weighted by atomic mass is 16.7. The Morgan fingerprint density at radius 2 is 1.58 bits per heavy atom. The van der Waals surface area contributed by atoms with Crippen LogP contribution in [0.3, 0.4) is 0 Å². The quantitative estimate of drug-likeness (QED) is 0.0232. The van der Waals surface area contributed by atoms with Gasteiger partial charge < -0.3 is 44.0 Å². The minimum atomic E-state index is -1.42. The molecule has 3 aliphatic rings.